The Balaban J connectivity index is 2.72. The maximum Gasteiger partial charge on any atom is 0.203 e. The van der Waals surface area contributed by atoms with Gasteiger partial charge in [-0.1, -0.05) is 20.8 Å². The van der Waals surface area contributed by atoms with Gasteiger partial charge in [0.25, 0.3) is 0 Å². The van der Waals surface area contributed by atoms with Crippen molar-refractivity contribution in [2.24, 2.45) is 5.41 Å². The molecule has 2 heteroatoms. The molecule has 1 rings (SSSR count). The maximum atomic E-state index is 8.51. The van der Waals surface area contributed by atoms with Crippen LogP contribution in [0.2, 0.25) is 0 Å². The van der Waals surface area contributed by atoms with Gasteiger partial charge in [-0.2, -0.15) is 5.26 Å². The minimum Gasteiger partial charge on any atom is -0.451 e. The Labute approximate surface area is 72.8 Å². The molecule has 0 fully saturated rings. The predicted octanol–water partition coefficient (Wildman–Crippen LogP) is 2.74. The van der Waals surface area contributed by atoms with Gasteiger partial charge in [-0.3, -0.25) is 0 Å². The molecule has 0 aliphatic carbocycles. The van der Waals surface area contributed by atoms with Crippen molar-refractivity contribution < 1.29 is 4.42 Å². The van der Waals surface area contributed by atoms with Crippen molar-refractivity contribution in [3.63, 3.8) is 0 Å². The van der Waals surface area contributed by atoms with Gasteiger partial charge in [-0.05, 0) is 17.5 Å². The smallest absolute Gasteiger partial charge is 0.203 e. The second kappa shape index (κ2) is 3.02. The van der Waals surface area contributed by atoms with Gasteiger partial charge in [-0.15, -0.1) is 0 Å². The van der Waals surface area contributed by atoms with Crippen LogP contribution in [0.15, 0.2) is 16.5 Å². The normalized spacial score (nSPS) is 11.2. The summed E-state index contributed by atoms with van der Waals surface area (Å²) < 4.78 is 5.25. The lowest BCUT2D eigenvalue weighted by atomic mass is 9.91. The first kappa shape index (κ1) is 8.86. The Morgan fingerprint density at radius 2 is 2.08 bits per heavy atom. The molecule has 0 aliphatic rings. The first-order valence-electron chi connectivity index (χ1n) is 4.00. The van der Waals surface area contributed by atoms with Crippen LogP contribution in [0.4, 0.5) is 0 Å². The van der Waals surface area contributed by atoms with Gasteiger partial charge >= 0.3 is 0 Å². The van der Waals surface area contributed by atoms with Crippen molar-refractivity contribution in [2.45, 2.75) is 27.2 Å². The quantitative estimate of drug-likeness (QED) is 0.638. The van der Waals surface area contributed by atoms with E-state index in [2.05, 4.69) is 20.8 Å². The van der Waals surface area contributed by atoms with Crippen LogP contribution in [0.3, 0.4) is 0 Å². The lowest BCUT2D eigenvalue weighted by Gasteiger charge is -2.15. The average molecular weight is 163 g/mol. The van der Waals surface area contributed by atoms with Crippen molar-refractivity contribution >= 4 is 0 Å². The highest BCUT2D eigenvalue weighted by Crippen LogP contribution is 2.21. The van der Waals surface area contributed by atoms with Gasteiger partial charge in [0, 0.05) is 6.42 Å². The summed E-state index contributed by atoms with van der Waals surface area (Å²) in [6.45, 7) is 6.42. The molecule has 0 saturated heterocycles. The highest BCUT2D eigenvalue weighted by Gasteiger charge is 2.13. The molecule has 64 valence electrons. The molecule has 1 aromatic rings. The Bertz CT molecular complexity index is 298. The number of furan rings is 1. The highest BCUT2D eigenvalue weighted by molar-refractivity contribution is 5.19. The van der Waals surface area contributed by atoms with Crippen molar-refractivity contribution in [2.75, 3.05) is 0 Å². The predicted molar refractivity (Wildman–Crippen MR) is 46.6 cm³/mol. The second-order valence-electron chi connectivity index (χ2n) is 4.12. The molecule has 0 aliphatic heterocycles. The first-order chi connectivity index (χ1) is 5.51. The molecule has 0 radical (unpaired) electrons. The lowest BCUT2D eigenvalue weighted by molar-refractivity contribution is 0.361. The van der Waals surface area contributed by atoms with Crippen LogP contribution in [0, 0.1) is 16.7 Å². The van der Waals surface area contributed by atoms with Crippen molar-refractivity contribution in [1.29, 1.82) is 5.26 Å². The van der Waals surface area contributed by atoms with Crippen LogP contribution in [-0.2, 0) is 6.42 Å². The molecule has 0 N–H and O–H groups in total. The maximum absolute atomic E-state index is 8.51. The van der Waals surface area contributed by atoms with E-state index >= 15 is 0 Å². The van der Waals surface area contributed by atoms with Crippen LogP contribution in [0.1, 0.15) is 32.3 Å². The largest absolute Gasteiger partial charge is 0.451 e. The summed E-state index contributed by atoms with van der Waals surface area (Å²) in [5.74, 6) is 1.29. The summed E-state index contributed by atoms with van der Waals surface area (Å²) in [5, 5.41) is 8.51. The van der Waals surface area contributed by atoms with Gasteiger partial charge < -0.3 is 4.42 Å². The van der Waals surface area contributed by atoms with Crippen LogP contribution in [0.25, 0.3) is 0 Å². The van der Waals surface area contributed by atoms with Crippen LogP contribution >= 0.6 is 0 Å². The van der Waals surface area contributed by atoms with Gasteiger partial charge in [0.2, 0.25) is 5.76 Å². The summed E-state index contributed by atoms with van der Waals surface area (Å²) in [6.07, 6.45) is 0.870. The fourth-order valence-corrected chi connectivity index (χ4v) is 1.06. The van der Waals surface area contributed by atoms with E-state index in [0.717, 1.165) is 12.2 Å². The van der Waals surface area contributed by atoms with Gasteiger partial charge in [-0.25, -0.2) is 0 Å². The van der Waals surface area contributed by atoms with E-state index in [0.29, 0.717) is 5.76 Å². The molecule has 2 nitrogen and oxygen atoms in total. The fraction of sp³-hybridized carbons (Fsp3) is 0.500. The number of hydrogen-bond donors (Lipinski definition) is 0. The molecular formula is C10H13NO. The Morgan fingerprint density at radius 1 is 1.42 bits per heavy atom. The number of rotatable bonds is 1. The molecule has 0 atom stereocenters. The molecule has 0 bridgehead atoms. The lowest BCUT2D eigenvalue weighted by Crippen LogP contribution is -2.08. The molecule has 0 unspecified atom stereocenters. The van der Waals surface area contributed by atoms with E-state index in [-0.39, 0.29) is 5.41 Å². The topological polar surface area (TPSA) is 36.9 Å². The number of hydrogen-bond acceptors (Lipinski definition) is 2. The summed E-state index contributed by atoms with van der Waals surface area (Å²) >= 11 is 0. The first-order valence-corrected chi connectivity index (χ1v) is 4.00. The molecule has 12 heavy (non-hydrogen) atoms. The third-order valence-corrected chi connectivity index (χ3v) is 1.48. The van der Waals surface area contributed by atoms with E-state index < -0.39 is 0 Å². The molecule has 1 heterocycles. The summed E-state index contributed by atoms with van der Waals surface area (Å²) in [4.78, 5) is 0. The Kier molecular flexibility index (Phi) is 2.23. The zero-order valence-corrected chi connectivity index (χ0v) is 7.72. The van der Waals surface area contributed by atoms with Crippen LogP contribution < -0.4 is 0 Å². The van der Waals surface area contributed by atoms with E-state index in [9.17, 15) is 0 Å². The molecule has 0 saturated carbocycles. The SMILES string of the molecule is CC(C)(C)Cc1ccc(C#N)o1. The average Bonchev–Trinajstić information content (AvgIpc) is 2.32. The van der Waals surface area contributed by atoms with Crippen molar-refractivity contribution in [1.82, 2.24) is 0 Å². The van der Waals surface area contributed by atoms with Crippen LogP contribution in [-0.4, -0.2) is 0 Å². The third kappa shape index (κ3) is 2.43. The summed E-state index contributed by atoms with van der Waals surface area (Å²) in [7, 11) is 0. The van der Waals surface area contributed by atoms with Crippen molar-refractivity contribution in [3.8, 4) is 6.07 Å². The zero-order chi connectivity index (χ0) is 9.19. The third-order valence-electron chi connectivity index (χ3n) is 1.48. The zero-order valence-electron chi connectivity index (χ0n) is 7.72. The van der Waals surface area contributed by atoms with Gasteiger partial charge in [0.15, 0.2) is 0 Å². The standard InChI is InChI=1S/C10H13NO/c1-10(2,3)6-8-4-5-9(7-11)12-8/h4-5H,6H2,1-3H3. The molecule has 0 aromatic carbocycles. The van der Waals surface area contributed by atoms with E-state index in [1.54, 1.807) is 6.07 Å². The minimum atomic E-state index is 0.213. The molecule has 0 amide bonds. The monoisotopic (exact) mass is 163 g/mol. The molecule has 1 aromatic heterocycles. The summed E-state index contributed by atoms with van der Waals surface area (Å²) in [5.41, 5.74) is 0.213. The fourth-order valence-electron chi connectivity index (χ4n) is 1.06. The second-order valence-corrected chi connectivity index (χ2v) is 4.12. The molecule has 0 spiro atoms. The van der Waals surface area contributed by atoms with E-state index in [1.807, 2.05) is 12.1 Å². The van der Waals surface area contributed by atoms with Crippen molar-refractivity contribution in [3.05, 3.63) is 23.7 Å². The van der Waals surface area contributed by atoms with Crippen LogP contribution in [0.5, 0.6) is 0 Å². The van der Waals surface area contributed by atoms with E-state index in [1.165, 1.54) is 0 Å². The van der Waals surface area contributed by atoms with Gasteiger partial charge in [0.1, 0.15) is 11.8 Å². The Hall–Kier alpha value is -1.23. The molecular weight excluding hydrogens is 150 g/mol. The minimum absolute atomic E-state index is 0.213. The summed E-state index contributed by atoms with van der Waals surface area (Å²) in [6, 6.07) is 5.54. The highest BCUT2D eigenvalue weighted by atomic mass is 16.3. The number of nitrogens with zero attached hydrogens (tertiary/aromatic N) is 1. The van der Waals surface area contributed by atoms with Gasteiger partial charge in [0.05, 0.1) is 0 Å². The number of nitriles is 1. The Morgan fingerprint density at radius 3 is 2.50 bits per heavy atom. The van der Waals surface area contributed by atoms with E-state index in [4.69, 9.17) is 9.68 Å².